The Morgan fingerprint density at radius 3 is 2.47 bits per heavy atom. The summed E-state index contributed by atoms with van der Waals surface area (Å²) < 4.78 is 22.5. The van der Waals surface area contributed by atoms with Crippen molar-refractivity contribution in [2.45, 2.75) is 20.3 Å². The van der Waals surface area contributed by atoms with Crippen LogP contribution in [0.25, 0.3) is 0 Å². The van der Waals surface area contributed by atoms with Gasteiger partial charge in [-0.1, -0.05) is 13.8 Å². The monoisotopic (exact) mass is 262 g/mol. The quantitative estimate of drug-likeness (QED) is 0.725. The minimum Gasteiger partial charge on any atom is -0.355 e. The molecule has 0 aromatic carbocycles. The largest absolute Gasteiger partial charge is 0.355 e. The molecule has 0 spiro atoms. The molecule has 0 saturated carbocycles. The molecule has 17 heavy (non-hydrogen) atoms. The summed E-state index contributed by atoms with van der Waals surface area (Å²) >= 11 is 0. The molecule has 1 heterocycles. The van der Waals surface area contributed by atoms with E-state index in [9.17, 15) is 13.2 Å². The fourth-order valence-electron chi connectivity index (χ4n) is 2.02. The molecule has 0 radical (unpaired) electrons. The summed E-state index contributed by atoms with van der Waals surface area (Å²) in [7, 11) is -2.96. The highest BCUT2D eigenvalue weighted by molar-refractivity contribution is 7.91. The van der Waals surface area contributed by atoms with Gasteiger partial charge in [-0.15, -0.1) is 0 Å². The molecule has 0 aliphatic carbocycles. The van der Waals surface area contributed by atoms with Crippen LogP contribution in [-0.4, -0.2) is 56.9 Å². The summed E-state index contributed by atoms with van der Waals surface area (Å²) in [6.07, 6.45) is 0.472. The molecule has 1 aliphatic rings. The number of amides is 1. The third kappa shape index (κ3) is 4.63. The van der Waals surface area contributed by atoms with Crippen LogP contribution in [0.2, 0.25) is 0 Å². The van der Waals surface area contributed by atoms with Crippen molar-refractivity contribution in [2.75, 3.05) is 37.7 Å². The van der Waals surface area contributed by atoms with Crippen LogP contribution in [0.4, 0.5) is 0 Å². The summed E-state index contributed by atoms with van der Waals surface area (Å²) in [6.45, 7) is 7.49. The first kappa shape index (κ1) is 14.4. The predicted molar refractivity (Wildman–Crippen MR) is 67.6 cm³/mol. The van der Waals surface area contributed by atoms with Gasteiger partial charge in [-0.3, -0.25) is 4.79 Å². The van der Waals surface area contributed by atoms with Gasteiger partial charge >= 0.3 is 0 Å². The number of hydrogen-bond acceptors (Lipinski definition) is 4. The summed E-state index contributed by atoms with van der Waals surface area (Å²) in [5.41, 5.74) is 0. The zero-order valence-corrected chi connectivity index (χ0v) is 11.4. The third-order valence-electron chi connectivity index (χ3n) is 3.22. The van der Waals surface area contributed by atoms with E-state index in [1.807, 2.05) is 0 Å². The van der Waals surface area contributed by atoms with Crippen LogP contribution in [0.5, 0.6) is 0 Å². The number of likely N-dealkylation sites (N-methyl/N-ethyl adjacent to an activating group) is 1. The molecule has 1 rings (SSSR count). The minimum absolute atomic E-state index is 0.0180. The molecule has 100 valence electrons. The highest BCUT2D eigenvalue weighted by Crippen LogP contribution is 2.18. The lowest BCUT2D eigenvalue weighted by atomic mass is 10.1. The van der Waals surface area contributed by atoms with Gasteiger partial charge in [0.15, 0.2) is 9.84 Å². The summed E-state index contributed by atoms with van der Waals surface area (Å²) in [5.74, 6) is -0.277. The summed E-state index contributed by atoms with van der Waals surface area (Å²) in [4.78, 5) is 13.9. The first-order valence-corrected chi connectivity index (χ1v) is 8.01. The zero-order chi connectivity index (χ0) is 12.9. The predicted octanol–water partition coefficient (Wildman–Crippen LogP) is -0.121. The van der Waals surface area contributed by atoms with Gasteiger partial charge in [0.1, 0.15) is 0 Å². The van der Waals surface area contributed by atoms with Gasteiger partial charge in [0.2, 0.25) is 5.91 Å². The Morgan fingerprint density at radius 1 is 1.35 bits per heavy atom. The van der Waals surface area contributed by atoms with Gasteiger partial charge in [-0.2, -0.15) is 0 Å². The highest BCUT2D eigenvalue weighted by atomic mass is 32.2. The molecule has 6 heteroatoms. The second-order valence-corrected chi connectivity index (χ2v) is 6.65. The topological polar surface area (TPSA) is 66.5 Å². The molecule has 5 nitrogen and oxygen atoms in total. The summed E-state index contributed by atoms with van der Waals surface area (Å²) in [5, 5.41) is 2.82. The van der Waals surface area contributed by atoms with Crippen LogP contribution < -0.4 is 5.32 Å². The molecule has 1 amide bonds. The Balaban J connectivity index is 2.27. The maximum atomic E-state index is 11.7. The van der Waals surface area contributed by atoms with Crippen LogP contribution in [0.3, 0.4) is 0 Å². The molecule has 0 aromatic rings. The Bertz CT molecular complexity index is 350. The summed E-state index contributed by atoms with van der Waals surface area (Å²) in [6, 6.07) is 0. The van der Waals surface area contributed by atoms with E-state index in [0.29, 0.717) is 13.0 Å². The van der Waals surface area contributed by atoms with Gasteiger partial charge in [0.05, 0.1) is 17.4 Å². The average Bonchev–Trinajstić information content (AvgIpc) is 2.65. The van der Waals surface area contributed by atoms with E-state index in [0.717, 1.165) is 19.6 Å². The molecule has 1 unspecified atom stereocenters. The fraction of sp³-hybridized carbons (Fsp3) is 0.909. The van der Waals surface area contributed by atoms with Crippen molar-refractivity contribution in [1.82, 2.24) is 10.2 Å². The first-order chi connectivity index (χ1) is 7.98. The van der Waals surface area contributed by atoms with E-state index in [4.69, 9.17) is 0 Å². The molecule has 1 saturated heterocycles. The normalized spacial score (nSPS) is 22.9. The average molecular weight is 262 g/mol. The number of hydrogen-bond donors (Lipinski definition) is 1. The Kier molecular flexibility index (Phi) is 5.39. The highest BCUT2D eigenvalue weighted by Gasteiger charge is 2.32. The van der Waals surface area contributed by atoms with Crippen molar-refractivity contribution in [2.24, 2.45) is 5.92 Å². The number of carbonyl (C=O) groups is 1. The number of nitrogens with zero attached hydrogens (tertiary/aromatic N) is 1. The van der Waals surface area contributed by atoms with Gasteiger partial charge < -0.3 is 10.2 Å². The van der Waals surface area contributed by atoms with Crippen molar-refractivity contribution in [3.05, 3.63) is 0 Å². The van der Waals surface area contributed by atoms with Crippen LogP contribution in [-0.2, 0) is 14.6 Å². The second-order valence-electron chi connectivity index (χ2n) is 4.42. The molecule has 0 aromatic heterocycles. The van der Waals surface area contributed by atoms with E-state index in [2.05, 4.69) is 24.1 Å². The van der Waals surface area contributed by atoms with Crippen LogP contribution >= 0.6 is 0 Å². The van der Waals surface area contributed by atoms with E-state index >= 15 is 0 Å². The number of rotatable bonds is 6. The first-order valence-electron chi connectivity index (χ1n) is 6.19. The molecular weight excluding hydrogens is 240 g/mol. The Hall–Kier alpha value is -0.620. The molecule has 1 N–H and O–H groups in total. The van der Waals surface area contributed by atoms with Gasteiger partial charge in [0.25, 0.3) is 0 Å². The van der Waals surface area contributed by atoms with Gasteiger partial charge in [-0.05, 0) is 19.5 Å². The van der Waals surface area contributed by atoms with Crippen molar-refractivity contribution >= 4 is 15.7 Å². The van der Waals surface area contributed by atoms with Crippen LogP contribution in [0, 0.1) is 5.92 Å². The SMILES string of the molecule is CCN(CC)CCNC(=O)C1CCS(=O)(=O)C1. The molecule has 0 bridgehead atoms. The third-order valence-corrected chi connectivity index (χ3v) is 4.99. The lowest BCUT2D eigenvalue weighted by Gasteiger charge is -2.18. The minimum atomic E-state index is -2.96. The zero-order valence-electron chi connectivity index (χ0n) is 10.6. The smallest absolute Gasteiger partial charge is 0.224 e. The standard InChI is InChI=1S/C11H22N2O3S/c1-3-13(4-2)7-6-12-11(14)10-5-8-17(15,16)9-10/h10H,3-9H2,1-2H3,(H,12,14). The Labute approximate surface area is 103 Å². The van der Waals surface area contributed by atoms with E-state index < -0.39 is 9.84 Å². The maximum absolute atomic E-state index is 11.7. The van der Waals surface area contributed by atoms with Crippen LogP contribution in [0.15, 0.2) is 0 Å². The molecular formula is C11H22N2O3S. The van der Waals surface area contributed by atoms with Crippen LogP contribution in [0.1, 0.15) is 20.3 Å². The van der Waals surface area contributed by atoms with Crippen molar-refractivity contribution in [3.63, 3.8) is 0 Å². The van der Waals surface area contributed by atoms with E-state index in [1.165, 1.54) is 0 Å². The lowest BCUT2D eigenvalue weighted by molar-refractivity contribution is -0.124. The van der Waals surface area contributed by atoms with E-state index in [-0.39, 0.29) is 23.3 Å². The fourth-order valence-corrected chi connectivity index (χ4v) is 3.76. The van der Waals surface area contributed by atoms with Crippen molar-refractivity contribution in [1.29, 1.82) is 0 Å². The van der Waals surface area contributed by atoms with Gasteiger partial charge in [-0.25, -0.2) is 8.42 Å². The van der Waals surface area contributed by atoms with Gasteiger partial charge in [0, 0.05) is 13.1 Å². The maximum Gasteiger partial charge on any atom is 0.224 e. The van der Waals surface area contributed by atoms with Crippen molar-refractivity contribution in [3.8, 4) is 0 Å². The number of nitrogens with one attached hydrogen (secondary N) is 1. The molecule has 1 aliphatic heterocycles. The van der Waals surface area contributed by atoms with E-state index in [1.54, 1.807) is 0 Å². The molecule has 1 fully saturated rings. The van der Waals surface area contributed by atoms with Crippen molar-refractivity contribution < 1.29 is 13.2 Å². The molecule has 1 atom stereocenters. The number of carbonyl (C=O) groups excluding carboxylic acids is 1. The number of sulfone groups is 1. The lowest BCUT2D eigenvalue weighted by Crippen LogP contribution is -2.38. The Morgan fingerprint density at radius 2 is 2.00 bits per heavy atom. The second kappa shape index (κ2) is 6.35.